The number of ether oxygens (including phenoxy) is 1. The van der Waals surface area contributed by atoms with Gasteiger partial charge in [-0.2, -0.15) is 0 Å². The molecule has 1 rings (SSSR count). The lowest BCUT2D eigenvalue weighted by molar-refractivity contribution is 0.0276. The van der Waals surface area contributed by atoms with E-state index in [1.165, 1.54) is 0 Å². The molecular weight excluding hydrogens is 252 g/mol. The lowest BCUT2D eigenvalue weighted by atomic mass is 10.2. The monoisotopic (exact) mass is 280 g/mol. The first-order valence-corrected chi connectivity index (χ1v) is 7.25. The summed E-state index contributed by atoms with van der Waals surface area (Å²) in [5.74, 6) is 0. The second kappa shape index (κ2) is 9.88. The molecule has 0 saturated carbocycles. The number of benzene rings is 1. The maximum atomic E-state index is 9.86. The molecule has 20 heavy (non-hydrogen) atoms. The molecule has 0 bridgehead atoms. The molecule has 2 N–H and O–H groups in total. The smallest absolute Gasteiger partial charge is 0.0897 e. The minimum absolute atomic E-state index is 0.363. The van der Waals surface area contributed by atoms with Crippen LogP contribution in [-0.2, 0) is 11.3 Å². The predicted octanol–water partition coefficient (Wildman–Crippen LogP) is 1.49. The first-order valence-electron chi connectivity index (χ1n) is 7.25. The van der Waals surface area contributed by atoms with Gasteiger partial charge in [0.1, 0.15) is 0 Å². The van der Waals surface area contributed by atoms with Gasteiger partial charge in [0.05, 0.1) is 19.3 Å². The van der Waals surface area contributed by atoms with Gasteiger partial charge >= 0.3 is 0 Å². The van der Waals surface area contributed by atoms with Crippen LogP contribution in [-0.4, -0.2) is 55.9 Å². The van der Waals surface area contributed by atoms with E-state index < -0.39 is 6.10 Å². The Balaban J connectivity index is 2.06. The van der Waals surface area contributed by atoms with E-state index in [0.29, 0.717) is 25.8 Å². The average Bonchev–Trinajstić information content (AvgIpc) is 2.44. The van der Waals surface area contributed by atoms with Gasteiger partial charge < -0.3 is 20.1 Å². The average molecular weight is 280 g/mol. The van der Waals surface area contributed by atoms with Crippen molar-refractivity contribution in [2.24, 2.45) is 0 Å². The summed E-state index contributed by atoms with van der Waals surface area (Å²) in [5, 5.41) is 13.2. The third-order valence-electron chi connectivity index (χ3n) is 3.13. The molecule has 1 aromatic rings. The van der Waals surface area contributed by atoms with Crippen molar-refractivity contribution < 1.29 is 9.84 Å². The zero-order valence-electron chi connectivity index (χ0n) is 12.9. The van der Waals surface area contributed by atoms with Crippen molar-refractivity contribution in [3.05, 3.63) is 35.9 Å². The number of hydrogen-bond acceptors (Lipinski definition) is 4. The molecule has 114 valence electrons. The second-order valence-corrected chi connectivity index (χ2v) is 5.56. The molecule has 0 heterocycles. The van der Waals surface area contributed by atoms with Crippen LogP contribution in [0.4, 0.5) is 0 Å². The van der Waals surface area contributed by atoms with E-state index >= 15 is 0 Å². The summed E-state index contributed by atoms with van der Waals surface area (Å²) >= 11 is 0. The molecule has 0 spiro atoms. The quantitative estimate of drug-likeness (QED) is 0.682. The fraction of sp³-hybridized carbons (Fsp3) is 0.625. The molecule has 4 nitrogen and oxygen atoms in total. The molecule has 0 saturated heterocycles. The van der Waals surface area contributed by atoms with Crippen LogP contribution in [0.2, 0.25) is 0 Å². The van der Waals surface area contributed by atoms with Crippen molar-refractivity contribution in [3.63, 3.8) is 0 Å². The summed E-state index contributed by atoms with van der Waals surface area (Å²) in [5.41, 5.74) is 1.13. The third kappa shape index (κ3) is 8.27. The molecule has 4 heteroatoms. The highest BCUT2D eigenvalue weighted by molar-refractivity contribution is 5.13. The van der Waals surface area contributed by atoms with E-state index in [9.17, 15) is 5.11 Å². The van der Waals surface area contributed by atoms with Crippen LogP contribution < -0.4 is 5.32 Å². The lowest BCUT2D eigenvalue weighted by Gasteiger charge is -2.19. The van der Waals surface area contributed by atoms with Crippen LogP contribution in [0.15, 0.2) is 30.3 Å². The van der Waals surface area contributed by atoms with E-state index in [1.807, 2.05) is 30.3 Å². The molecule has 0 aliphatic rings. The van der Waals surface area contributed by atoms with Gasteiger partial charge in [0, 0.05) is 12.6 Å². The Bertz CT molecular complexity index is 344. The van der Waals surface area contributed by atoms with Crippen molar-refractivity contribution in [1.82, 2.24) is 10.2 Å². The highest BCUT2D eigenvalue weighted by Gasteiger charge is 2.07. The molecule has 1 aromatic carbocycles. The topological polar surface area (TPSA) is 44.7 Å². The van der Waals surface area contributed by atoms with Gasteiger partial charge in [-0.05, 0) is 39.5 Å². The maximum Gasteiger partial charge on any atom is 0.0897 e. The van der Waals surface area contributed by atoms with E-state index in [4.69, 9.17) is 4.74 Å². The SMILES string of the molecule is CC(CCN(C)C)NCC(O)COCc1ccccc1. The van der Waals surface area contributed by atoms with Crippen molar-refractivity contribution >= 4 is 0 Å². The summed E-state index contributed by atoms with van der Waals surface area (Å²) in [6.45, 7) is 4.68. The summed E-state index contributed by atoms with van der Waals surface area (Å²) in [6, 6.07) is 10.4. The Morgan fingerprint density at radius 1 is 1.25 bits per heavy atom. The Labute approximate surface area is 122 Å². The van der Waals surface area contributed by atoms with Crippen LogP contribution in [0.25, 0.3) is 0 Å². The standard InChI is InChI=1S/C16H28N2O2/c1-14(9-10-18(2)3)17-11-16(19)13-20-12-15-7-5-4-6-8-15/h4-8,14,16-17,19H,9-13H2,1-3H3. The number of aliphatic hydroxyl groups is 1. The lowest BCUT2D eigenvalue weighted by Crippen LogP contribution is -2.37. The normalized spacial score (nSPS) is 14.4. The van der Waals surface area contributed by atoms with Crippen molar-refractivity contribution in [3.8, 4) is 0 Å². The molecule has 0 aromatic heterocycles. The maximum absolute atomic E-state index is 9.86. The van der Waals surface area contributed by atoms with Gasteiger partial charge in [-0.1, -0.05) is 30.3 Å². The number of aliphatic hydroxyl groups excluding tert-OH is 1. The first-order chi connectivity index (χ1) is 9.58. The largest absolute Gasteiger partial charge is 0.389 e. The number of hydrogen-bond donors (Lipinski definition) is 2. The Hall–Kier alpha value is -0.940. The Morgan fingerprint density at radius 2 is 1.95 bits per heavy atom. The van der Waals surface area contributed by atoms with Crippen LogP contribution in [0.1, 0.15) is 18.9 Å². The number of nitrogens with zero attached hydrogens (tertiary/aromatic N) is 1. The third-order valence-corrected chi connectivity index (χ3v) is 3.13. The van der Waals surface area contributed by atoms with Crippen molar-refractivity contribution in [1.29, 1.82) is 0 Å². The van der Waals surface area contributed by atoms with Crippen molar-refractivity contribution in [2.45, 2.75) is 32.1 Å². The highest BCUT2D eigenvalue weighted by Crippen LogP contribution is 2.01. The zero-order chi connectivity index (χ0) is 14.8. The van der Waals surface area contributed by atoms with Gasteiger partial charge in [0.25, 0.3) is 0 Å². The molecule has 0 aliphatic carbocycles. The second-order valence-electron chi connectivity index (χ2n) is 5.56. The van der Waals surface area contributed by atoms with E-state index in [0.717, 1.165) is 18.5 Å². The summed E-state index contributed by atoms with van der Waals surface area (Å²) < 4.78 is 5.51. The van der Waals surface area contributed by atoms with Crippen LogP contribution in [0.5, 0.6) is 0 Å². The zero-order valence-corrected chi connectivity index (χ0v) is 12.9. The van der Waals surface area contributed by atoms with Crippen LogP contribution in [0, 0.1) is 0 Å². The fourth-order valence-electron chi connectivity index (χ4n) is 1.84. The summed E-state index contributed by atoms with van der Waals surface area (Å²) in [6.07, 6.45) is 0.616. The summed E-state index contributed by atoms with van der Waals surface area (Å²) in [7, 11) is 4.14. The Morgan fingerprint density at radius 3 is 2.60 bits per heavy atom. The van der Waals surface area contributed by atoms with Gasteiger partial charge in [-0.3, -0.25) is 0 Å². The minimum atomic E-state index is -0.458. The van der Waals surface area contributed by atoms with Gasteiger partial charge in [0.15, 0.2) is 0 Å². The minimum Gasteiger partial charge on any atom is -0.389 e. The molecular formula is C16H28N2O2. The molecule has 0 aliphatic heterocycles. The summed E-state index contributed by atoms with van der Waals surface area (Å²) in [4.78, 5) is 2.16. The molecule has 0 radical (unpaired) electrons. The van der Waals surface area contributed by atoms with Gasteiger partial charge in [-0.15, -0.1) is 0 Å². The Kier molecular flexibility index (Phi) is 8.46. The number of rotatable bonds is 10. The predicted molar refractivity (Wildman–Crippen MR) is 82.7 cm³/mol. The number of nitrogens with one attached hydrogen (secondary N) is 1. The highest BCUT2D eigenvalue weighted by atomic mass is 16.5. The van der Waals surface area contributed by atoms with Crippen LogP contribution in [0.3, 0.4) is 0 Å². The van der Waals surface area contributed by atoms with Crippen LogP contribution >= 0.6 is 0 Å². The van der Waals surface area contributed by atoms with Crippen molar-refractivity contribution in [2.75, 3.05) is 33.8 Å². The molecule has 0 amide bonds. The fourth-order valence-corrected chi connectivity index (χ4v) is 1.84. The van der Waals surface area contributed by atoms with E-state index in [1.54, 1.807) is 0 Å². The molecule has 2 atom stereocenters. The van der Waals surface area contributed by atoms with Gasteiger partial charge in [-0.25, -0.2) is 0 Å². The van der Waals surface area contributed by atoms with Gasteiger partial charge in [0.2, 0.25) is 0 Å². The van der Waals surface area contributed by atoms with E-state index in [2.05, 4.69) is 31.2 Å². The first kappa shape index (κ1) is 17.1. The van der Waals surface area contributed by atoms with E-state index in [-0.39, 0.29) is 0 Å². The molecule has 2 unspecified atom stereocenters. The molecule has 0 fully saturated rings.